The molecule has 4 nitrogen and oxygen atoms in total. The highest BCUT2D eigenvalue weighted by atomic mass is 35.5. The predicted molar refractivity (Wildman–Crippen MR) is 94.3 cm³/mol. The number of rotatable bonds is 8. The summed E-state index contributed by atoms with van der Waals surface area (Å²) in [5.41, 5.74) is 0.169. The van der Waals surface area contributed by atoms with E-state index in [-0.39, 0.29) is 17.0 Å². The molecule has 0 saturated heterocycles. The van der Waals surface area contributed by atoms with Crippen molar-refractivity contribution in [1.82, 2.24) is 9.80 Å². The van der Waals surface area contributed by atoms with Gasteiger partial charge < -0.3 is 9.80 Å². The van der Waals surface area contributed by atoms with E-state index >= 15 is 0 Å². The van der Waals surface area contributed by atoms with Gasteiger partial charge in [0.25, 0.3) is 0 Å². The Hall–Kier alpha value is -2.14. The lowest BCUT2D eigenvalue weighted by atomic mass is 9.90. The van der Waals surface area contributed by atoms with Gasteiger partial charge in [-0.25, -0.2) is 4.39 Å². The Bertz CT molecular complexity index is 604. The first kappa shape index (κ1) is 19.9. The van der Waals surface area contributed by atoms with E-state index in [9.17, 15) is 14.0 Å². The van der Waals surface area contributed by atoms with Crippen LogP contribution in [0.2, 0.25) is 5.02 Å². The Labute approximate surface area is 147 Å². The molecule has 0 amide bonds. The van der Waals surface area contributed by atoms with Crippen molar-refractivity contribution in [2.45, 2.75) is 6.42 Å². The lowest BCUT2D eigenvalue weighted by molar-refractivity contribution is -0.127. The second-order valence-corrected chi connectivity index (χ2v) is 6.23. The Morgan fingerprint density at radius 3 is 2.00 bits per heavy atom. The molecule has 1 aromatic rings. The van der Waals surface area contributed by atoms with Crippen molar-refractivity contribution < 1.29 is 14.0 Å². The molecule has 0 aliphatic carbocycles. The highest BCUT2D eigenvalue weighted by Crippen LogP contribution is 2.23. The minimum Gasteiger partial charge on any atom is -0.383 e. The molecule has 24 heavy (non-hydrogen) atoms. The van der Waals surface area contributed by atoms with Gasteiger partial charge in [-0.15, -0.1) is 0 Å². The Morgan fingerprint density at radius 1 is 1.08 bits per heavy atom. The first-order valence-corrected chi connectivity index (χ1v) is 7.80. The fraction of sp³-hybridized carbons (Fsp3) is 0.333. The van der Waals surface area contributed by atoms with Crippen molar-refractivity contribution in [2.24, 2.45) is 5.92 Å². The van der Waals surface area contributed by atoms with Crippen LogP contribution in [0.15, 0.2) is 42.8 Å². The molecule has 0 radical (unpaired) electrons. The van der Waals surface area contributed by atoms with E-state index in [1.165, 1.54) is 30.4 Å². The smallest absolute Gasteiger partial charge is 0.168 e. The summed E-state index contributed by atoms with van der Waals surface area (Å²) in [5.74, 6) is -2.33. The molecule has 0 saturated carbocycles. The van der Waals surface area contributed by atoms with Gasteiger partial charge in [0.2, 0.25) is 0 Å². The maximum atomic E-state index is 14.0. The van der Waals surface area contributed by atoms with Gasteiger partial charge in [0.1, 0.15) is 5.82 Å². The summed E-state index contributed by atoms with van der Waals surface area (Å²) in [6.45, 7) is 0. The van der Waals surface area contributed by atoms with Crippen LogP contribution < -0.4 is 0 Å². The molecular formula is C18H22ClFN2O2. The topological polar surface area (TPSA) is 40.6 Å². The fourth-order valence-electron chi connectivity index (χ4n) is 1.95. The lowest BCUT2D eigenvalue weighted by Crippen LogP contribution is -2.25. The van der Waals surface area contributed by atoms with E-state index in [0.29, 0.717) is 0 Å². The average molecular weight is 353 g/mol. The lowest BCUT2D eigenvalue weighted by Gasteiger charge is -2.14. The number of ketones is 2. The first-order chi connectivity index (χ1) is 11.2. The molecule has 130 valence electrons. The van der Waals surface area contributed by atoms with Gasteiger partial charge >= 0.3 is 0 Å². The number of hydrogen-bond donors (Lipinski definition) is 0. The summed E-state index contributed by atoms with van der Waals surface area (Å²) >= 11 is 6.02. The molecule has 0 heterocycles. The summed E-state index contributed by atoms with van der Waals surface area (Å²) in [6.07, 6.45) is 5.67. The molecule has 0 aliphatic heterocycles. The van der Waals surface area contributed by atoms with Crippen LogP contribution in [0.1, 0.15) is 5.56 Å². The summed E-state index contributed by atoms with van der Waals surface area (Å²) in [4.78, 5) is 28.2. The quantitative estimate of drug-likeness (QED) is 0.533. The fourth-order valence-corrected chi connectivity index (χ4v) is 2.19. The number of hydrogen-bond acceptors (Lipinski definition) is 4. The van der Waals surface area contributed by atoms with Crippen molar-refractivity contribution in [1.29, 1.82) is 0 Å². The van der Waals surface area contributed by atoms with Crippen LogP contribution in [0.25, 0.3) is 0 Å². The molecule has 0 aromatic heterocycles. The monoisotopic (exact) mass is 352 g/mol. The van der Waals surface area contributed by atoms with Crippen molar-refractivity contribution in [3.63, 3.8) is 0 Å². The standard InChI is InChI=1S/C18H22ClFN2O2/c1-21(2)10-8-17(23)14(18(24)9-11-22(3)4)12-13-15(19)6-5-7-16(13)20/h5-11,14H,12H2,1-4H3/b10-8-,11-9+. The zero-order valence-corrected chi connectivity index (χ0v) is 15.0. The van der Waals surface area contributed by atoms with Crippen LogP contribution >= 0.6 is 11.6 Å². The van der Waals surface area contributed by atoms with Gasteiger partial charge in [-0.1, -0.05) is 17.7 Å². The second-order valence-electron chi connectivity index (χ2n) is 5.82. The largest absolute Gasteiger partial charge is 0.383 e. The molecule has 0 fully saturated rings. The number of nitrogens with zero attached hydrogens (tertiary/aromatic N) is 2. The summed E-state index contributed by atoms with van der Waals surface area (Å²) in [7, 11) is 7.06. The van der Waals surface area contributed by atoms with E-state index in [2.05, 4.69) is 0 Å². The molecule has 0 bridgehead atoms. The SMILES string of the molecule is CN(C)/C=C\C(=O)C(Cc1c(F)cccc1Cl)C(=O)/C=C/N(C)C. The second kappa shape index (κ2) is 9.23. The molecule has 0 spiro atoms. The zero-order valence-electron chi connectivity index (χ0n) is 14.3. The number of carbonyl (C=O) groups is 2. The number of allylic oxidation sites excluding steroid dienone is 2. The summed E-state index contributed by atoms with van der Waals surface area (Å²) in [5, 5.41) is 0.203. The maximum Gasteiger partial charge on any atom is 0.168 e. The summed E-state index contributed by atoms with van der Waals surface area (Å²) in [6, 6.07) is 4.29. The van der Waals surface area contributed by atoms with E-state index in [4.69, 9.17) is 11.6 Å². The summed E-state index contributed by atoms with van der Waals surface area (Å²) < 4.78 is 14.0. The van der Waals surface area contributed by atoms with Crippen LogP contribution in [0.3, 0.4) is 0 Å². The molecule has 0 aliphatic rings. The van der Waals surface area contributed by atoms with Crippen LogP contribution in [-0.2, 0) is 16.0 Å². The Morgan fingerprint density at radius 2 is 1.58 bits per heavy atom. The molecule has 0 N–H and O–H groups in total. The van der Waals surface area contributed by atoms with Gasteiger partial charge in [-0.3, -0.25) is 9.59 Å². The molecule has 1 aromatic carbocycles. The number of benzene rings is 1. The van der Waals surface area contributed by atoms with E-state index in [1.807, 2.05) is 0 Å². The Balaban J connectivity index is 3.13. The van der Waals surface area contributed by atoms with Gasteiger partial charge in [-0.2, -0.15) is 0 Å². The third-order valence-electron chi connectivity index (χ3n) is 3.23. The molecular weight excluding hydrogens is 331 g/mol. The van der Waals surface area contributed by atoms with Crippen molar-refractivity contribution in [3.05, 3.63) is 59.2 Å². The Kier molecular flexibility index (Phi) is 7.65. The maximum absolute atomic E-state index is 14.0. The number of carbonyl (C=O) groups excluding carboxylic acids is 2. The minimum atomic E-state index is -1.02. The zero-order chi connectivity index (χ0) is 18.3. The van der Waals surface area contributed by atoms with Crippen LogP contribution in [0, 0.1) is 11.7 Å². The van der Waals surface area contributed by atoms with Crippen LogP contribution in [0.5, 0.6) is 0 Å². The normalized spacial score (nSPS) is 12.6. The highest BCUT2D eigenvalue weighted by Gasteiger charge is 2.25. The highest BCUT2D eigenvalue weighted by molar-refractivity contribution is 6.31. The van der Waals surface area contributed by atoms with Crippen LogP contribution in [0.4, 0.5) is 4.39 Å². The first-order valence-electron chi connectivity index (χ1n) is 7.42. The average Bonchev–Trinajstić information content (AvgIpc) is 2.50. The van der Waals surface area contributed by atoms with Crippen molar-refractivity contribution in [3.8, 4) is 0 Å². The van der Waals surface area contributed by atoms with E-state index < -0.39 is 23.3 Å². The van der Waals surface area contributed by atoms with Gasteiger partial charge in [0.15, 0.2) is 11.6 Å². The third-order valence-corrected chi connectivity index (χ3v) is 3.58. The molecule has 1 atom stereocenters. The third kappa shape index (κ3) is 6.16. The van der Waals surface area contributed by atoms with Crippen molar-refractivity contribution in [2.75, 3.05) is 28.2 Å². The number of halogens is 2. The van der Waals surface area contributed by atoms with Gasteiger partial charge in [0, 0.05) is 51.2 Å². The predicted octanol–water partition coefficient (Wildman–Crippen LogP) is 2.93. The van der Waals surface area contributed by atoms with Crippen LogP contribution in [-0.4, -0.2) is 49.6 Å². The minimum absolute atomic E-state index is 0.0846. The van der Waals surface area contributed by atoms with Gasteiger partial charge in [-0.05, 0) is 30.7 Å². The molecule has 1 rings (SSSR count). The molecule has 1 unspecified atom stereocenters. The molecule has 6 heteroatoms. The van der Waals surface area contributed by atoms with E-state index in [0.717, 1.165) is 0 Å². The van der Waals surface area contributed by atoms with Crippen molar-refractivity contribution >= 4 is 23.2 Å². The van der Waals surface area contributed by atoms with E-state index in [1.54, 1.807) is 50.4 Å². The van der Waals surface area contributed by atoms with Gasteiger partial charge in [0.05, 0.1) is 5.92 Å².